The third-order valence-corrected chi connectivity index (χ3v) is 6.76. The fourth-order valence-electron chi connectivity index (χ4n) is 3.79. The number of aryl methyl sites for hydroxylation is 1. The lowest BCUT2D eigenvalue weighted by Gasteiger charge is -2.24. The maximum atomic E-state index is 14.1. The lowest BCUT2D eigenvalue weighted by molar-refractivity contribution is -0.117. The van der Waals surface area contributed by atoms with Gasteiger partial charge in [-0.05, 0) is 62.1 Å². The summed E-state index contributed by atoms with van der Waals surface area (Å²) in [5.74, 6) is -0.911. The molecule has 4 rings (SSSR count). The molecule has 0 saturated carbocycles. The van der Waals surface area contributed by atoms with Gasteiger partial charge in [0.15, 0.2) is 0 Å². The zero-order chi connectivity index (χ0) is 22.0. The molecule has 162 valence electrons. The molecule has 0 bridgehead atoms. The number of amides is 2. The second-order valence-electron chi connectivity index (χ2n) is 7.88. The van der Waals surface area contributed by atoms with Gasteiger partial charge in [0.25, 0.3) is 5.91 Å². The fourth-order valence-corrected chi connectivity index (χ4v) is 4.83. The molecule has 0 aliphatic carbocycles. The summed E-state index contributed by atoms with van der Waals surface area (Å²) < 4.78 is 20.5. The standard InChI is InChI=1S/C24H25FN2O3S/c1-15-6-3-9-20(16(15)2)26-23(28)14-27(13-17-7-5-11-30-17)24(29)22-12-18-19(25)8-4-10-21(18)31-22/h3-4,6,8-10,12,17H,5,7,11,13-14H2,1-2H3,(H,26,28). The number of nitrogens with one attached hydrogen (secondary N) is 1. The molecule has 1 saturated heterocycles. The number of carbonyl (C=O) groups is 2. The Balaban J connectivity index is 1.55. The lowest BCUT2D eigenvalue weighted by atomic mass is 10.1. The Bertz CT molecular complexity index is 1120. The summed E-state index contributed by atoms with van der Waals surface area (Å²) in [7, 11) is 0. The molecule has 1 unspecified atom stereocenters. The van der Waals surface area contributed by atoms with Crippen molar-refractivity contribution in [1.29, 1.82) is 0 Å². The van der Waals surface area contributed by atoms with Crippen LogP contribution in [0.25, 0.3) is 10.1 Å². The van der Waals surface area contributed by atoms with Gasteiger partial charge in [0.05, 0.1) is 11.0 Å². The number of nitrogens with zero attached hydrogens (tertiary/aromatic N) is 1. The van der Waals surface area contributed by atoms with E-state index in [1.807, 2.05) is 32.0 Å². The van der Waals surface area contributed by atoms with Crippen molar-refractivity contribution in [3.05, 3.63) is 64.3 Å². The van der Waals surface area contributed by atoms with E-state index in [-0.39, 0.29) is 30.3 Å². The van der Waals surface area contributed by atoms with Crippen molar-refractivity contribution < 1.29 is 18.7 Å². The molecule has 2 amide bonds. The molecule has 31 heavy (non-hydrogen) atoms. The number of thiophene rings is 1. The van der Waals surface area contributed by atoms with E-state index in [1.165, 1.54) is 22.3 Å². The van der Waals surface area contributed by atoms with E-state index in [9.17, 15) is 14.0 Å². The molecule has 1 aromatic heterocycles. The average Bonchev–Trinajstić information content (AvgIpc) is 3.41. The topological polar surface area (TPSA) is 58.6 Å². The van der Waals surface area contributed by atoms with E-state index in [0.717, 1.165) is 29.7 Å². The van der Waals surface area contributed by atoms with Crippen LogP contribution < -0.4 is 5.32 Å². The first-order valence-electron chi connectivity index (χ1n) is 10.4. The quantitative estimate of drug-likeness (QED) is 0.592. The Labute approximate surface area is 184 Å². The van der Waals surface area contributed by atoms with Crippen LogP contribution in [0.1, 0.15) is 33.6 Å². The van der Waals surface area contributed by atoms with Gasteiger partial charge >= 0.3 is 0 Å². The Kier molecular flexibility index (Phi) is 6.34. The predicted octanol–water partition coefficient (Wildman–Crippen LogP) is 4.92. The molecule has 5 nitrogen and oxygen atoms in total. The summed E-state index contributed by atoms with van der Waals surface area (Å²) >= 11 is 1.24. The van der Waals surface area contributed by atoms with Crippen molar-refractivity contribution in [2.75, 3.05) is 25.0 Å². The van der Waals surface area contributed by atoms with E-state index < -0.39 is 0 Å². The molecular weight excluding hydrogens is 415 g/mol. The van der Waals surface area contributed by atoms with Crippen molar-refractivity contribution in [3.8, 4) is 0 Å². The third kappa shape index (κ3) is 4.78. The Morgan fingerprint density at radius 3 is 2.77 bits per heavy atom. The van der Waals surface area contributed by atoms with Crippen molar-refractivity contribution >= 4 is 38.9 Å². The molecule has 2 heterocycles. The summed E-state index contributed by atoms with van der Waals surface area (Å²) in [5.41, 5.74) is 2.81. The summed E-state index contributed by atoms with van der Waals surface area (Å²) in [4.78, 5) is 28.0. The van der Waals surface area contributed by atoms with Gasteiger partial charge in [-0.2, -0.15) is 0 Å². The van der Waals surface area contributed by atoms with Crippen LogP contribution in [0.3, 0.4) is 0 Å². The lowest BCUT2D eigenvalue weighted by Crippen LogP contribution is -2.42. The van der Waals surface area contributed by atoms with Crippen LogP contribution in [0.2, 0.25) is 0 Å². The first kappa shape index (κ1) is 21.5. The van der Waals surface area contributed by atoms with Crippen LogP contribution in [0.5, 0.6) is 0 Å². The van der Waals surface area contributed by atoms with Gasteiger partial charge in [-0.25, -0.2) is 4.39 Å². The van der Waals surface area contributed by atoms with E-state index in [1.54, 1.807) is 18.2 Å². The summed E-state index contributed by atoms with van der Waals surface area (Å²) in [6, 6.07) is 12.1. The molecule has 0 spiro atoms. The van der Waals surface area contributed by atoms with Gasteiger partial charge in [0, 0.05) is 28.9 Å². The molecule has 0 radical (unpaired) electrons. The summed E-state index contributed by atoms with van der Waals surface area (Å²) in [6.45, 7) is 4.83. The van der Waals surface area contributed by atoms with E-state index >= 15 is 0 Å². The van der Waals surface area contributed by atoms with Gasteiger partial charge in [-0.3, -0.25) is 9.59 Å². The number of anilines is 1. The van der Waals surface area contributed by atoms with Crippen molar-refractivity contribution in [2.45, 2.75) is 32.8 Å². The number of hydrogen-bond acceptors (Lipinski definition) is 4. The third-order valence-electron chi connectivity index (χ3n) is 5.67. The smallest absolute Gasteiger partial charge is 0.264 e. The van der Waals surface area contributed by atoms with Crippen LogP contribution in [0.15, 0.2) is 42.5 Å². The molecule has 7 heteroatoms. The van der Waals surface area contributed by atoms with Gasteiger partial charge in [0.1, 0.15) is 12.4 Å². The minimum Gasteiger partial charge on any atom is -0.376 e. The number of halogens is 1. The minimum atomic E-state index is -0.355. The molecule has 1 aliphatic heterocycles. The molecule has 3 aromatic rings. The highest BCUT2D eigenvalue weighted by molar-refractivity contribution is 7.20. The zero-order valence-corrected chi connectivity index (χ0v) is 18.4. The van der Waals surface area contributed by atoms with Crippen LogP contribution in [0.4, 0.5) is 10.1 Å². The second kappa shape index (κ2) is 9.16. The SMILES string of the molecule is Cc1cccc(NC(=O)CN(CC2CCCO2)C(=O)c2cc3c(F)cccc3s2)c1C. The number of rotatable bonds is 6. The van der Waals surface area contributed by atoms with Crippen molar-refractivity contribution in [3.63, 3.8) is 0 Å². The fraction of sp³-hybridized carbons (Fsp3) is 0.333. The summed E-state index contributed by atoms with van der Waals surface area (Å²) in [6.07, 6.45) is 1.70. The van der Waals surface area contributed by atoms with Crippen LogP contribution in [-0.4, -0.2) is 42.5 Å². The van der Waals surface area contributed by atoms with Gasteiger partial charge in [0.2, 0.25) is 5.91 Å². The number of benzene rings is 2. The van der Waals surface area contributed by atoms with Crippen LogP contribution in [0, 0.1) is 19.7 Å². The van der Waals surface area contributed by atoms with Crippen LogP contribution >= 0.6 is 11.3 Å². The van der Waals surface area contributed by atoms with Crippen molar-refractivity contribution in [2.24, 2.45) is 0 Å². The molecule has 2 aromatic carbocycles. The Morgan fingerprint density at radius 2 is 2.03 bits per heavy atom. The van der Waals surface area contributed by atoms with Gasteiger partial charge in [-0.1, -0.05) is 18.2 Å². The normalized spacial score (nSPS) is 15.9. The van der Waals surface area contributed by atoms with Crippen molar-refractivity contribution in [1.82, 2.24) is 4.90 Å². The number of fused-ring (bicyclic) bond motifs is 1. The first-order valence-corrected chi connectivity index (χ1v) is 11.2. The monoisotopic (exact) mass is 440 g/mol. The molecular formula is C24H25FN2O3S. The number of hydrogen-bond donors (Lipinski definition) is 1. The highest BCUT2D eigenvalue weighted by Crippen LogP contribution is 2.29. The molecule has 1 fully saturated rings. The van der Waals surface area contributed by atoms with Gasteiger partial charge < -0.3 is 15.0 Å². The highest BCUT2D eigenvalue weighted by atomic mass is 32.1. The van der Waals surface area contributed by atoms with E-state index in [4.69, 9.17) is 4.74 Å². The summed E-state index contributed by atoms with van der Waals surface area (Å²) in [5, 5.41) is 3.34. The largest absolute Gasteiger partial charge is 0.376 e. The predicted molar refractivity (Wildman–Crippen MR) is 121 cm³/mol. The molecule has 1 atom stereocenters. The maximum absolute atomic E-state index is 14.1. The maximum Gasteiger partial charge on any atom is 0.264 e. The zero-order valence-electron chi connectivity index (χ0n) is 17.6. The van der Waals surface area contributed by atoms with Gasteiger partial charge in [-0.15, -0.1) is 11.3 Å². The molecule has 1 aliphatic rings. The second-order valence-corrected chi connectivity index (χ2v) is 8.96. The Hall–Kier alpha value is -2.77. The first-order chi connectivity index (χ1) is 14.9. The Morgan fingerprint density at radius 1 is 1.23 bits per heavy atom. The highest BCUT2D eigenvalue weighted by Gasteiger charge is 2.26. The minimum absolute atomic E-state index is 0.0939. The number of ether oxygens (including phenoxy) is 1. The number of carbonyl (C=O) groups excluding carboxylic acids is 2. The van der Waals surface area contributed by atoms with Crippen LogP contribution in [-0.2, 0) is 9.53 Å². The van der Waals surface area contributed by atoms with E-state index in [0.29, 0.717) is 28.1 Å². The average molecular weight is 441 g/mol. The molecule has 1 N–H and O–H groups in total. The van der Waals surface area contributed by atoms with E-state index in [2.05, 4.69) is 5.32 Å².